The summed E-state index contributed by atoms with van der Waals surface area (Å²) in [5.41, 5.74) is 5.97. The highest BCUT2D eigenvalue weighted by atomic mass is 16.1. The summed E-state index contributed by atoms with van der Waals surface area (Å²) in [4.78, 5) is 20.3. The molecule has 4 rings (SSSR count). The lowest BCUT2D eigenvalue weighted by molar-refractivity contribution is 0.102. The average Bonchev–Trinajstić information content (AvgIpc) is 3.14. The fraction of sp³-hybridized carbons (Fsp3) is 0.167. The lowest BCUT2D eigenvalue weighted by atomic mass is 10.1. The summed E-state index contributed by atoms with van der Waals surface area (Å²) >= 11 is 0. The summed E-state index contributed by atoms with van der Waals surface area (Å²) in [5, 5.41) is 7.56. The molecule has 0 fully saturated rings. The van der Waals surface area contributed by atoms with Crippen molar-refractivity contribution in [3.63, 3.8) is 0 Å². The van der Waals surface area contributed by atoms with E-state index in [1.54, 1.807) is 18.3 Å². The summed E-state index contributed by atoms with van der Waals surface area (Å²) in [6.07, 6.45) is 4.57. The monoisotopic (exact) mass is 384 g/mol. The van der Waals surface area contributed by atoms with Gasteiger partial charge in [0.25, 0.3) is 5.91 Å². The lowest BCUT2D eigenvalue weighted by Crippen LogP contribution is -2.14. The summed E-state index contributed by atoms with van der Waals surface area (Å²) in [7, 11) is 0. The number of carbonyl (C=O) groups is 1. The second kappa shape index (κ2) is 8.19. The van der Waals surface area contributed by atoms with Crippen LogP contribution in [-0.2, 0) is 6.42 Å². The molecule has 0 saturated heterocycles. The highest BCUT2D eigenvalue weighted by molar-refractivity contribution is 6.05. The Morgan fingerprint density at radius 1 is 1.07 bits per heavy atom. The number of rotatable bonds is 6. The third-order valence-electron chi connectivity index (χ3n) is 5.04. The summed E-state index contributed by atoms with van der Waals surface area (Å²) < 4.78 is 0. The van der Waals surface area contributed by atoms with Gasteiger partial charge in [-0.15, -0.1) is 0 Å². The van der Waals surface area contributed by atoms with Gasteiger partial charge in [-0.25, -0.2) is 4.98 Å². The molecule has 0 aliphatic heterocycles. The van der Waals surface area contributed by atoms with Crippen LogP contribution >= 0.6 is 0 Å². The van der Waals surface area contributed by atoms with Crippen LogP contribution in [-0.4, -0.2) is 22.4 Å². The Hall–Kier alpha value is -3.60. The van der Waals surface area contributed by atoms with Crippen LogP contribution in [0.15, 0.2) is 67.0 Å². The van der Waals surface area contributed by atoms with E-state index >= 15 is 0 Å². The van der Waals surface area contributed by atoms with Crippen LogP contribution in [0.4, 0.5) is 11.5 Å². The van der Waals surface area contributed by atoms with Crippen molar-refractivity contribution in [2.45, 2.75) is 20.3 Å². The van der Waals surface area contributed by atoms with Gasteiger partial charge in [0.1, 0.15) is 5.82 Å². The first-order valence-electron chi connectivity index (χ1n) is 9.74. The Labute approximate surface area is 170 Å². The molecule has 0 spiro atoms. The van der Waals surface area contributed by atoms with Gasteiger partial charge in [-0.1, -0.05) is 30.3 Å². The predicted molar refractivity (Wildman–Crippen MR) is 119 cm³/mol. The van der Waals surface area contributed by atoms with Gasteiger partial charge in [0.15, 0.2) is 0 Å². The van der Waals surface area contributed by atoms with Crippen molar-refractivity contribution in [2.75, 3.05) is 17.2 Å². The molecule has 0 radical (unpaired) electrons. The van der Waals surface area contributed by atoms with E-state index in [0.29, 0.717) is 11.4 Å². The number of nitrogens with one attached hydrogen (secondary N) is 3. The number of aryl methyl sites for hydroxylation is 2. The van der Waals surface area contributed by atoms with E-state index < -0.39 is 0 Å². The van der Waals surface area contributed by atoms with E-state index in [-0.39, 0.29) is 5.91 Å². The number of hydrogen-bond acceptors (Lipinski definition) is 3. The van der Waals surface area contributed by atoms with Gasteiger partial charge in [-0.3, -0.25) is 4.79 Å². The quantitative estimate of drug-likeness (QED) is 0.434. The molecule has 3 N–H and O–H groups in total. The van der Waals surface area contributed by atoms with E-state index in [9.17, 15) is 4.79 Å². The predicted octanol–water partition coefficient (Wildman–Crippen LogP) is 5.09. The number of aromatic amines is 1. The number of hydrogen-bond donors (Lipinski definition) is 3. The molecule has 2 aromatic heterocycles. The smallest absolute Gasteiger partial charge is 0.255 e. The Kier molecular flexibility index (Phi) is 5.29. The topological polar surface area (TPSA) is 69.8 Å². The van der Waals surface area contributed by atoms with Gasteiger partial charge in [0, 0.05) is 41.1 Å². The number of H-pyrrole nitrogens is 1. The average molecular weight is 384 g/mol. The summed E-state index contributed by atoms with van der Waals surface area (Å²) in [6.45, 7) is 4.73. The zero-order chi connectivity index (χ0) is 20.2. The van der Waals surface area contributed by atoms with Gasteiger partial charge in [0.2, 0.25) is 0 Å². The SMILES string of the molecule is Cc1ccc(C)c(NC(=O)c2ccnc(NCCc3c[nH]c4ccccc34)c2)c1. The van der Waals surface area contributed by atoms with Crippen LogP contribution in [0.1, 0.15) is 27.0 Å². The normalized spacial score (nSPS) is 10.8. The Morgan fingerprint density at radius 2 is 1.93 bits per heavy atom. The van der Waals surface area contributed by atoms with Crippen molar-refractivity contribution in [1.82, 2.24) is 9.97 Å². The maximum absolute atomic E-state index is 12.7. The lowest BCUT2D eigenvalue weighted by Gasteiger charge is -2.11. The minimum Gasteiger partial charge on any atom is -0.370 e. The van der Waals surface area contributed by atoms with E-state index in [1.807, 2.05) is 50.4 Å². The molecule has 5 heteroatoms. The molecule has 0 bridgehead atoms. The number of benzene rings is 2. The fourth-order valence-corrected chi connectivity index (χ4v) is 3.40. The zero-order valence-corrected chi connectivity index (χ0v) is 16.6. The van der Waals surface area contributed by atoms with E-state index in [1.165, 1.54) is 10.9 Å². The molecule has 0 atom stereocenters. The molecule has 1 amide bonds. The third kappa shape index (κ3) is 4.29. The minimum absolute atomic E-state index is 0.138. The van der Waals surface area contributed by atoms with E-state index in [0.717, 1.165) is 35.3 Å². The van der Waals surface area contributed by atoms with Gasteiger partial charge in [-0.2, -0.15) is 0 Å². The number of carbonyl (C=O) groups excluding carboxylic acids is 1. The Morgan fingerprint density at radius 3 is 2.83 bits per heavy atom. The molecule has 146 valence electrons. The van der Waals surface area contributed by atoms with Crippen LogP contribution in [0.5, 0.6) is 0 Å². The second-order valence-corrected chi connectivity index (χ2v) is 7.24. The summed E-state index contributed by atoms with van der Waals surface area (Å²) in [6, 6.07) is 17.8. The Bertz CT molecular complexity index is 1160. The van der Waals surface area contributed by atoms with Crippen molar-refractivity contribution in [3.05, 3.63) is 89.2 Å². The van der Waals surface area contributed by atoms with Crippen molar-refractivity contribution < 1.29 is 4.79 Å². The highest BCUT2D eigenvalue weighted by Crippen LogP contribution is 2.19. The van der Waals surface area contributed by atoms with Gasteiger partial charge < -0.3 is 15.6 Å². The van der Waals surface area contributed by atoms with Crippen molar-refractivity contribution in [1.29, 1.82) is 0 Å². The first-order valence-corrected chi connectivity index (χ1v) is 9.74. The van der Waals surface area contributed by atoms with Crippen LogP contribution in [0.25, 0.3) is 10.9 Å². The van der Waals surface area contributed by atoms with Crippen molar-refractivity contribution in [2.24, 2.45) is 0 Å². The zero-order valence-electron chi connectivity index (χ0n) is 16.6. The first kappa shape index (κ1) is 18.7. The molecule has 0 aliphatic carbocycles. The summed E-state index contributed by atoms with van der Waals surface area (Å²) in [5.74, 6) is 0.555. The molecule has 0 aliphatic rings. The van der Waals surface area contributed by atoms with Gasteiger partial charge in [0.05, 0.1) is 0 Å². The Balaban J connectivity index is 1.40. The number of pyridine rings is 1. The number of fused-ring (bicyclic) bond motifs is 1. The molecule has 5 nitrogen and oxygen atoms in total. The largest absolute Gasteiger partial charge is 0.370 e. The van der Waals surface area contributed by atoms with Crippen LogP contribution in [0.3, 0.4) is 0 Å². The van der Waals surface area contributed by atoms with Crippen molar-refractivity contribution in [3.8, 4) is 0 Å². The maximum atomic E-state index is 12.7. The van der Waals surface area contributed by atoms with Crippen LogP contribution < -0.4 is 10.6 Å². The molecule has 29 heavy (non-hydrogen) atoms. The standard InChI is InChI=1S/C24H24N4O/c1-16-7-8-17(2)22(13-16)28-24(29)18-9-11-25-23(14-18)26-12-10-19-15-27-21-6-4-3-5-20(19)21/h3-9,11,13-15,27H,10,12H2,1-2H3,(H,25,26)(H,28,29). The molecular formula is C24H24N4O. The number of aromatic nitrogens is 2. The maximum Gasteiger partial charge on any atom is 0.255 e. The highest BCUT2D eigenvalue weighted by Gasteiger charge is 2.09. The minimum atomic E-state index is -0.138. The van der Waals surface area contributed by atoms with E-state index in [2.05, 4.69) is 32.7 Å². The molecule has 0 saturated carbocycles. The molecule has 2 heterocycles. The molecule has 2 aromatic carbocycles. The molecular weight excluding hydrogens is 360 g/mol. The fourth-order valence-electron chi connectivity index (χ4n) is 3.40. The first-order chi connectivity index (χ1) is 14.1. The van der Waals surface area contributed by atoms with Crippen LogP contribution in [0.2, 0.25) is 0 Å². The number of amides is 1. The number of anilines is 2. The second-order valence-electron chi connectivity index (χ2n) is 7.24. The van der Waals surface area contributed by atoms with Crippen LogP contribution in [0, 0.1) is 13.8 Å². The number of para-hydroxylation sites is 1. The van der Waals surface area contributed by atoms with Gasteiger partial charge in [-0.05, 0) is 61.2 Å². The molecule has 4 aromatic rings. The molecule has 0 unspecified atom stereocenters. The third-order valence-corrected chi connectivity index (χ3v) is 5.04. The van der Waals surface area contributed by atoms with E-state index in [4.69, 9.17) is 0 Å². The van der Waals surface area contributed by atoms with Gasteiger partial charge >= 0.3 is 0 Å². The number of nitrogens with zero attached hydrogens (tertiary/aromatic N) is 1. The van der Waals surface area contributed by atoms with Crippen molar-refractivity contribution >= 4 is 28.3 Å².